The molecule has 3 aliphatic heterocycles. The highest BCUT2D eigenvalue weighted by atomic mass is 16.8. The van der Waals surface area contributed by atoms with Crippen molar-refractivity contribution < 1.29 is 103 Å². The number of carboxylic acid groups (broad SMARTS) is 1. The molecule has 0 amide bonds. The average Bonchev–Trinajstić information content (AvgIpc) is 3.33. The molecule has 0 bridgehead atoms. The predicted molar refractivity (Wildman–Crippen MR) is 258 cm³/mol. The zero-order chi connectivity index (χ0) is 53.2. The lowest BCUT2D eigenvalue weighted by Crippen LogP contribution is -2.65. The lowest BCUT2D eigenvalue weighted by atomic mass is 9.98. The van der Waals surface area contributed by atoms with Crippen molar-refractivity contribution in [2.75, 3.05) is 19.8 Å². The Balaban J connectivity index is 1.57. The van der Waals surface area contributed by atoms with E-state index < -0.39 is 135 Å². The molecule has 3 fully saturated rings. The molecule has 17 unspecified atom stereocenters. The summed E-state index contributed by atoms with van der Waals surface area (Å²) in [6, 6.07) is 0. The number of rotatable bonds is 37. The highest BCUT2D eigenvalue weighted by molar-refractivity contribution is 5.71. The molecule has 0 aromatic rings. The van der Waals surface area contributed by atoms with Crippen LogP contribution in [0.4, 0.5) is 0 Å². The molecule has 3 heterocycles. The molecule has 0 aliphatic carbocycles. The standard InChI is InChI=1S/C51H92O21/c1-5-6-7-18-22-33(23-21-26-35(54)34(53)24-19-16-14-12-10-8-9-11-13-15-17-20-25-36(55)48(63)64)69-50-46(41(58)37(56)28-66-50)72-51-47(43(60)39(30-67-51)68-32(4)52)71-49-45(62)44(61)42(59)38(70-49)29-65-40(57)27-31(2)3/h31,33-39,41-47,49-51,53-56,58-62H,5-30H2,1-4H3,(H,63,64). The van der Waals surface area contributed by atoms with Crippen LogP contribution in [-0.2, 0) is 52.3 Å². The molecule has 3 aliphatic rings. The van der Waals surface area contributed by atoms with Crippen LogP contribution < -0.4 is 0 Å². The summed E-state index contributed by atoms with van der Waals surface area (Å²) in [5, 5.41) is 106. The summed E-state index contributed by atoms with van der Waals surface area (Å²) in [6.45, 7) is 5.58. The summed E-state index contributed by atoms with van der Waals surface area (Å²) in [7, 11) is 0. The summed E-state index contributed by atoms with van der Waals surface area (Å²) >= 11 is 0. The minimum atomic E-state index is -1.91. The highest BCUT2D eigenvalue weighted by Crippen LogP contribution is 2.33. The quantitative estimate of drug-likeness (QED) is 0.0316. The number of unbranched alkanes of at least 4 members (excludes halogenated alkanes) is 14. The van der Waals surface area contributed by atoms with Crippen LogP contribution in [0.5, 0.6) is 0 Å². The smallest absolute Gasteiger partial charge is 0.332 e. The zero-order valence-electron chi connectivity index (χ0n) is 43.2. The van der Waals surface area contributed by atoms with Crippen LogP contribution in [0.1, 0.15) is 175 Å². The lowest BCUT2D eigenvalue weighted by Gasteiger charge is -2.46. The van der Waals surface area contributed by atoms with Gasteiger partial charge in [-0.2, -0.15) is 0 Å². The maximum Gasteiger partial charge on any atom is 0.332 e. The molecule has 0 radical (unpaired) electrons. The van der Waals surface area contributed by atoms with Crippen molar-refractivity contribution in [2.24, 2.45) is 5.92 Å². The second-order valence-corrected chi connectivity index (χ2v) is 20.4. The molecule has 10 N–H and O–H groups in total. The van der Waals surface area contributed by atoms with Gasteiger partial charge in [0.05, 0.1) is 31.5 Å². The van der Waals surface area contributed by atoms with Gasteiger partial charge in [-0.05, 0) is 44.4 Å². The molecule has 0 spiro atoms. The number of carbonyl (C=O) groups is 3. The highest BCUT2D eigenvalue weighted by Gasteiger charge is 2.52. The maximum atomic E-state index is 12.3. The third-order valence-corrected chi connectivity index (χ3v) is 13.6. The van der Waals surface area contributed by atoms with Crippen LogP contribution in [0, 0.1) is 5.92 Å². The van der Waals surface area contributed by atoms with Crippen LogP contribution in [0.25, 0.3) is 0 Å². The number of ether oxygens (including phenoxy) is 8. The number of hydrogen-bond donors (Lipinski definition) is 10. The van der Waals surface area contributed by atoms with Gasteiger partial charge in [0.25, 0.3) is 0 Å². The number of carboxylic acids is 1. The number of esters is 2. The first-order valence-electron chi connectivity index (χ1n) is 26.9. The van der Waals surface area contributed by atoms with Gasteiger partial charge in [-0.25, -0.2) is 4.79 Å². The second-order valence-electron chi connectivity index (χ2n) is 20.4. The fraction of sp³-hybridized carbons (Fsp3) is 0.941. The van der Waals surface area contributed by atoms with Gasteiger partial charge in [0.1, 0.15) is 61.5 Å². The first kappa shape index (κ1) is 64.1. The number of aliphatic carboxylic acids is 1. The van der Waals surface area contributed by atoms with Gasteiger partial charge in [0, 0.05) is 13.3 Å². The number of hydrogen-bond acceptors (Lipinski definition) is 20. The maximum absolute atomic E-state index is 12.3. The van der Waals surface area contributed by atoms with Gasteiger partial charge in [0.15, 0.2) is 31.1 Å². The van der Waals surface area contributed by atoms with Crippen molar-refractivity contribution in [1.82, 2.24) is 0 Å². The molecule has 3 rings (SSSR count). The monoisotopic (exact) mass is 1040 g/mol. The molecular formula is C51H92O21. The minimum absolute atomic E-state index is 0.0275. The van der Waals surface area contributed by atoms with Gasteiger partial charge in [-0.3, -0.25) is 9.59 Å². The molecule has 422 valence electrons. The SMILES string of the molecule is CCCCCCC(CCCC(O)C(O)CCCCCCCCCCCCCCC(O)C(=O)O)OC1OCC(O)C(O)C1OC1OCC(OC(C)=O)C(O)C1OC1OC(COC(=O)CC(C)C)C(O)C(O)C1O. The molecule has 3 saturated heterocycles. The Kier molecular flexibility index (Phi) is 31.3. The van der Waals surface area contributed by atoms with Gasteiger partial charge < -0.3 is 89.0 Å². The Labute approximate surface area is 425 Å². The normalized spacial score (nSPS) is 30.7. The number of carbonyl (C=O) groups excluding carboxylic acids is 2. The Morgan fingerprint density at radius 2 is 1.10 bits per heavy atom. The van der Waals surface area contributed by atoms with Crippen molar-refractivity contribution in [3.8, 4) is 0 Å². The van der Waals surface area contributed by atoms with E-state index in [1.807, 2.05) is 13.8 Å². The van der Waals surface area contributed by atoms with E-state index >= 15 is 0 Å². The largest absolute Gasteiger partial charge is 0.479 e. The molecule has 72 heavy (non-hydrogen) atoms. The van der Waals surface area contributed by atoms with E-state index in [9.17, 15) is 60.3 Å². The Morgan fingerprint density at radius 1 is 0.583 bits per heavy atom. The average molecular weight is 1040 g/mol. The third kappa shape index (κ3) is 23.4. The molecular weight excluding hydrogens is 949 g/mol. The Hall–Kier alpha value is -2.19. The molecule has 0 aromatic heterocycles. The van der Waals surface area contributed by atoms with E-state index in [0.717, 1.165) is 110 Å². The fourth-order valence-corrected chi connectivity index (χ4v) is 9.20. The van der Waals surface area contributed by atoms with E-state index in [2.05, 4.69) is 6.92 Å². The summed E-state index contributed by atoms with van der Waals surface area (Å²) in [4.78, 5) is 35.0. The first-order chi connectivity index (χ1) is 34.3. The van der Waals surface area contributed by atoms with Crippen molar-refractivity contribution in [3.05, 3.63) is 0 Å². The predicted octanol–water partition coefficient (Wildman–Crippen LogP) is 3.04. The van der Waals surface area contributed by atoms with Gasteiger partial charge in [0.2, 0.25) is 0 Å². The van der Waals surface area contributed by atoms with Crippen LogP contribution in [-0.4, -0.2) is 193 Å². The van der Waals surface area contributed by atoms with Crippen molar-refractivity contribution >= 4 is 17.9 Å². The van der Waals surface area contributed by atoms with Crippen LogP contribution in [0.2, 0.25) is 0 Å². The topological polar surface area (TPSA) is 327 Å². The second kappa shape index (κ2) is 35.2. The van der Waals surface area contributed by atoms with Crippen molar-refractivity contribution in [1.29, 1.82) is 0 Å². The third-order valence-electron chi connectivity index (χ3n) is 13.6. The van der Waals surface area contributed by atoms with E-state index in [-0.39, 0.29) is 18.9 Å². The Morgan fingerprint density at radius 3 is 1.68 bits per heavy atom. The first-order valence-corrected chi connectivity index (χ1v) is 26.9. The van der Waals surface area contributed by atoms with Gasteiger partial charge in [-0.15, -0.1) is 0 Å². The lowest BCUT2D eigenvalue weighted by molar-refractivity contribution is -0.380. The van der Waals surface area contributed by atoms with Crippen molar-refractivity contribution in [3.63, 3.8) is 0 Å². The summed E-state index contributed by atoms with van der Waals surface area (Å²) < 4.78 is 46.8. The summed E-state index contributed by atoms with van der Waals surface area (Å²) in [6.07, 6.45) is -5.74. The molecule has 17 atom stereocenters. The summed E-state index contributed by atoms with van der Waals surface area (Å²) in [5.74, 6) is -2.54. The molecule has 0 aromatic carbocycles. The van der Waals surface area contributed by atoms with E-state index in [1.165, 1.54) is 0 Å². The van der Waals surface area contributed by atoms with E-state index in [4.69, 9.17) is 43.0 Å². The molecule has 21 heteroatoms. The Bertz CT molecular complexity index is 1480. The molecule has 0 saturated carbocycles. The van der Waals surface area contributed by atoms with E-state index in [1.54, 1.807) is 0 Å². The minimum Gasteiger partial charge on any atom is -0.479 e. The van der Waals surface area contributed by atoms with Crippen LogP contribution in [0.15, 0.2) is 0 Å². The number of aliphatic hydroxyl groups is 9. The van der Waals surface area contributed by atoms with Crippen LogP contribution >= 0.6 is 0 Å². The number of aliphatic hydroxyl groups excluding tert-OH is 9. The fourth-order valence-electron chi connectivity index (χ4n) is 9.20. The zero-order valence-corrected chi connectivity index (χ0v) is 43.2. The van der Waals surface area contributed by atoms with E-state index in [0.29, 0.717) is 38.5 Å². The van der Waals surface area contributed by atoms with Crippen molar-refractivity contribution in [2.45, 2.75) is 280 Å². The summed E-state index contributed by atoms with van der Waals surface area (Å²) in [5.41, 5.74) is 0. The van der Waals surface area contributed by atoms with Crippen LogP contribution in [0.3, 0.4) is 0 Å². The molecule has 21 nitrogen and oxygen atoms in total. The van der Waals surface area contributed by atoms with Gasteiger partial charge >= 0.3 is 17.9 Å². The van der Waals surface area contributed by atoms with Gasteiger partial charge in [-0.1, -0.05) is 124 Å².